The van der Waals surface area contributed by atoms with Gasteiger partial charge in [-0.25, -0.2) is 0 Å². The van der Waals surface area contributed by atoms with E-state index < -0.39 is 15.5 Å². The van der Waals surface area contributed by atoms with Crippen LogP contribution in [0.1, 0.15) is 13.8 Å². The Hall–Kier alpha value is -2.16. The van der Waals surface area contributed by atoms with Gasteiger partial charge in [-0.05, 0) is 40.0 Å². The molecule has 0 spiro atoms. The van der Waals surface area contributed by atoms with Gasteiger partial charge in [-0.1, -0.05) is 54.6 Å². The Bertz CT molecular complexity index is 996. The van der Waals surface area contributed by atoms with Gasteiger partial charge in [-0.15, -0.1) is 0 Å². The Morgan fingerprint density at radius 3 is 1.55 bits per heavy atom. The molecule has 0 fully saturated rings. The summed E-state index contributed by atoms with van der Waals surface area (Å²) in [7, 11) is -1.39. The van der Waals surface area contributed by atoms with Crippen molar-refractivity contribution in [2.24, 2.45) is 0 Å². The van der Waals surface area contributed by atoms with Crippen LogP contribution in [0.15, 0.2) is 72.8 Å². The highest BCUT2D eigenvalue weighted by Crippen LogP contribution is 2.49. The van der Waals surface area contributed by atoms with E-state index in [1.54, 1.807) is 14.2 Å². The number of rotatable bonds is 10. The van der Waals surface area contributed by atoms with Gasteiger partial charge in [0.2, 0.25) is 0 Å². The highest BCUT2D eigenvalue weighted by Gasteiger charge is 2.34. The van der Waals surface area contributed by atoms with E-state index in [1.807, 2.05) is 86.6 Å². The van der Waals surface area contributed by atoms with Crippen LogP contribution < -0.4 is 30.7 Å². The second kappa shape index (κ2) is 10.9. The topological polar surface area (TPSA) is 54.0 Å². The highest BCUT2D eigenvalue weighted by molar-refractivity contribution is 7.82. The second-order valence-corrected chi connectivity index (χ2v) is 10.6. The molecule has 0 radical (unpaired) electrons. The first-order valence-electron chi connectivity index (χ1n) is 10.1. The van der Waals surface area contributed by atoms with Crippen molar-refractivity contribution in [3.8, 4) is 11.5 Å². The predicted octanol–water partition coefficient (Wildman–Crippen LogP) is 4.35. The SMILES string of the molecule is CCOP(=O)(OCC)c1ccccc1P(c1ccccc1OC)c1ccccc1OC. The maximum absolute atomic E-state index is 13.8. The molecule has 0 bridgehead atoms. The quantitative estimate of drug-likeness (QED) is 0.423. The van der Waals surface area contributed by atoms with Crippen molar-refractivity contribution in [2.75, 3.05) is 27.4 Å². The van der Waals surface area contributed by atoms with Crippen LogP contribution in [0.25, 0.3) is 0 Å². The monoisotopic (exact) mass is 458 g/mol. The molecule has 0 N–H and O–H groups in total. The fourth-order valence-corrected chi connectivity index (χ4v) is 8.30. The van der Waals surface area contributed by atoms with E-state index in [1.165, 1.54) is 0 Å². The van der Waals surface area contributed by atoms with Gasteiger partial charge >= 0.3 is 7.60 Å². The Balaban J connectivity index is 2.34. The maximum Gasteiger partial charge on any atom is 0.361 e. The lowest BCUT2D eigenvalue weighted by molar-refractivity contribution is 0.230. The van der Waals surface area contributed by atoms with Crippen molar-refractivity contribution >= 4 is 36.7 Å². The number of ether oxygens (including phenoxy) is 2. The summed E-state index contributed by atoms with van der Waals surface area (Å²) in [6, 6.07) is 23.4. The third-order valence-corrected chi connectivity index (χ3v) is 9.59. The van der Waals surface area contributed by atoms with Gasteiger partial charge in [0, 0.05) is 15.9 Å². The molecule has 0 heterocycles. The van der Waals surface area contributed by atoms with Crippen molar-refractivity contribution < 1.29 is 23.1 Å². The molecule has 0 atom stereocenters. The summed E-state index contributed by atoms with van der Waals surface area (Å²) >= 11 is 0. The summed E-state index contributed by atoms with van der Waals surface area (Å²) in [5.74, 6) is 1.52. The fraction of sp³-hybridized carbons (Fsp3) is 0.250. The molecule has 0 saturated carbocycles. The molecule has 5 nitrogen and oxygen atoms in total. The molecule has 3 rings (SSSR count). The number of hydrogen-bond acceptors (Lipinski definition) is 5. The molecule has 3 aromatic carbocycles. The minimum Gasteiger partial charge on any atom is -0.496 e. The molecule has 0 aliphatic rings. The Morgan fingerprint density at radius 2 is 1.10 bits per heavy atom. The molecule has 3 aromatic rings. The number of benzene rings is 3. The average Bonchev–Trinajstić information content (AvgIpc) is 2.80. The standard InChI is InChI=1S/C24H28O5P2/c1-5-28-31(25,29-6-2)24-18-12-11-17-23(24)30(21-15-9-7-13-19(21)26-3)22-16-10-8-14-20(22)27-4/h7-18H,5-6H2,1-4H3. The summed E-state index contributed by atoms with van der Waals surface area (Å²) in [4.78, 5) is 0. The Labute approximate surface area is 185 Å². The van der Waals surface area contributed by atoms with E-state index in [-0.39, 0.29) is 13.2 Å². The first kappa shape index (κ1) is 23.5. The normalized spacial score (nSPS) is 11.5. The summed E-state index contributed by atoms with van der Waals surface area (Å²) in [6.45, 7) is 4.20. The van der Waals surface area contributed by atoms with E-state index in [4.69, 9.17) is 18.5 Å². The number of hydrogen-bond donors (Lipinski definition) is 0. The van der Waals surface area contributed by atoms with Crippen LogP contribution in [0.2, 0.25) is 0 Å². The van der Waals surface area contributed by atoms with Gasteiger partial charge in [0.25, 0.3) is 0 Å². The lowest BCUT2D eigenvalue weighted by Crippen LogP contribution is -2.33. The molecular weight excluding hydrogens is 430 g/mol. The van der Waals surface area contributed by atoms with Gasteiger partial charge in [-0.3, -0.25) is 4.57 Å². The fourth-order valence-electron chi connectivity index (χ4n) is 3.42. The lowest BCUT2D eigenvalue weighted by Gasteiger charge is -2.27. The van der Waals surface area contributed by atoms with Gasteiger partial charge < -0.3 is 18.5 Å². The first-order chi connectivity index (χ1) is 15.1. The molecule has 0 aliphatic carbocycles. The maximum atomic E-state index is 13.8. The van der Waals surface area contributed by atoms with Gasteiger partial charge in [-0.2, -0.15) is 0 Å². The minimum absolute atomic E-state index is 0.285. The summed E-state index contributed by atoms with van der Waals surface area (Å²) in [6.07, 6.45) is 0. The zero-order valence-electron chi connectivity index (χ0n) is 18.3. The zero-order valence-corrected chi connectivity index (χ0v) is 20.1. The van der Waals surface area contributed by atoms with E-state index in [0.29, 0.717) is 5.30 Å². The Kier molecular flexibility index (Phi) is 8.28. The predicted molar refractivity (Wildman–Crippen MR) is 129 cm³/mol. The van der Waals surface area contributed by atoms with Crippen LogP contribution in [0, 0.1) is 0 Å². The largest absolute Gasteiger partial charge is 0.496 e. The third-order valence-electron chi connectivity index (χ3n) is 4.67. The van der Waals surface area contributed by atoms with E-state index in [2.05, 4.69) is 0 Å². The van der Waals surface area contributed by atoms with E-state index in [0.717, 1.165) is 27.4 Å². The molecule has 0 amide bonds. The molecule has 0 saturated heterocycles. The van der Waals surface area contributed by atoms with Crippen molar-refractivity contribution in [1.82, 2.24) is 0 Å². The molecular formula is C24H28O5P2. The lowest BCUT2D eigenvalue weighted by atomic mass is 10.3. The van der Waals surface area contributed by atoms with Crippen LogP contribution in [0.3, 0.4) is 0 Å². The van der Waals surface area contributed by atoms with Crippen LogP contribution in [-0.4, -0.2) is 27.4 Å². The molecule has 0 aromatic heterocycles. The van der Waals surface area contributed by atoms with E-state index >= 15 is 0 Å². The van der Waals surface area contributed by atoms with E-state index in [9.17, 15) is 4.57 Å². The number of methoxy groups -OCH3 is 2. The molecule has 0 aliphatic heterocycles. The van der Waals surface area contributed by atoms with Crippen molar-refractivity contribution in [1.29, 1.82) is 0 Å². The van der Waals surface area contributed by atoms with Gasteiger partial charge in [0.1, 0.15) is 11.5 Å². The van der Waals surface area contributed by atoms with Crippen LogP contribution in [0.5, 0.6) is 11.5 Å². The molecule has 31 heavy (non-hydrogen) atoms. The summed E-state index contributed by atoms with van der Waals surface area (Å²) in [5, 5.41) is 3.45. The summed E-state index contributed by atoms with van der Waals surface area (Å²) < 4.78 is 36.7. The highest BCUT2D eigenvalue weighted by atomic mass is 31.2. The van der Waals surface area contributed by atoms with Crippen LogP contribution in [0.4, 0.5) is 0 Å². The minimum atomic E-state index is -3.52. The van der Waals surface area contributed by atoms with Crippen molar-refractivity contribution in [3.05, 3.63) is 72.8 Å². The van der Waals surface area contributed by atoms with Gasteiger partial charge in [0.15, 0.2) is 0 Å². The number of para-hydroxylation sites is 2. The molecule has 0 unspecified atom stereocenters. The smallest absolute Gasteiger partial charge is 0.361 e. The van der Waals surface area contributed by atoms with Crippen LogP contribution in [-0.2, 0) is 13.6 Å². The summed E-state index contributed by atoms with van der Waals surface area (Å²) in [5.41, 5.74) is 0. The first-order valence-corrected chi connectivity index (χ1v) is 13.0. The molecule has 7 heteroatoms. The zero-order chi connectivity index (χ0) is 22.3. The van der Waals surface area contributed by atoms with Gasteiger partial charge in [0.05, 0.1) is 32.7 Å². The third kappa shape index (κ3) is 5.02. The average molecular weight is 458 g/mol. The second-order valence-electron chi connectivity index (χ2n) is 6.50. The Morgan fingerprint density at radius 1 is 0.677 bits per heavy atom. The van der Waals surface area contributed by atoms with Crippen LogP contribution >= 0.6 is 15.5 Å². The van der Waals surface area contributed by atoms with Crippen molar-refractivity contribution in [3.63, 3.8) is 0 Å². The molecule has 164 valence electrons. The van der Waals surface area contributed by atoms with Crippen molar-refractivity contribution in [2.45, 2.75) is 13.8 Å².